The lowest BCUT2D eigenvalue weighted by Crippen LogP contribution is -2.44. The fourth-order valence-electron chi connectivity index (χ4n) is 3.29. The summed E-state index contributed by atoms with van der Waals surface area (Å²) < 4.78 is 31.4. The first-order valence-corrected chi connectivity index (χ1v) is 10.5. The van der Waals surface area contributed by atoms with Crippen molar-refractivity contribution in [1.82, 2.24) is 14.0 Å². The molecule has 1 saturated heterocycles. The smallest absolute Gasteiger partial charge is 0.335 e. The van der Waals surface area contributed by atoms with E-state index in [2.05, 4.69) is 0 Å². The maximum absolute atomic E-state index is 15.2. The molecule has 0 saturated carbocycles. The zero-order chi connectivity index (χ0) is 24.9. The number of carbonyl (C=O) groups is 2. The zero-order valence-electron chi connectivity index (χ0n) is 19.0. The van der Waals surface area contributed by atoms with Gasteiger partial charge in [0.25, 0.3) is 11.4 Å². The molecule has 1 aliphatic heterocycles. The highest BCUT2D eigenvalue weighted by Crippen LogP contribution is 2.38. The average Bonchev–Trinajstić information content (AvgIpc) is 2.97. The summed E-state index contributed by atoms with van der Waals surface area (Å²) in [6, 6.07) is 0.926. The Bertz CT molecular complexity index is 959. The lowest BCUT2D eigenvalue weighted by molar-refractivity contribution is -0.218. The molecule has 33 heavy (non-hydrogen) atoms. The van der Waals surface area contributed by atoms with Gasteiger partial charge in [0.05, 0.1) is 12.5 Å². The van der Waals surface area contributed by atoms with Gasteiger partial charge in [-0.2, -0.15) is 0 Å². The molecular weight excluding hydrogens is 445 g/mol. The van der Waals surface area contributed by atoms with E-state index in [-0.39, 0.29) is 6.54 Å². The highest BCUT2D eigenvalue weighted by molar-refractivity contribution is 5.72. The molecule has 2 heterocycles. The molecule has 12 nitrogen and oxygen atoms in total. The first-order chi connectivity index (χ1) is 15.4. The molecule has 4 atom stereocenters. The molecule has 1 aromatic heterocycles. The van der Waals surface area contributed by atoms with Gasteiger partial charge in [0.2, 0.25) is 0 Å². The second kappa shape index (κ2) is 11.0. The number of aliphatic hydroxyl groups is 2. The van der Waals surface area contributed by atoms with E-state index in [1.54, 1.807) is 27.9 Å². The molecule has 1 aliphatic rings. The van der Waals surface area contributed by atoms with Gasteiger partial charge in [-0.3, -0.25) is 23.9 Å². The van der Waals surface area contributed by atoms with Crippen LogP contribution >= 0.6 is 0 Å². The fourth-order valence-corrected chi connectivity index (χ4v) is 3.29. The molecular formula is C20H30FN3O9. The number of hydrogen-bond acceptors (Lipinski definition) is 10. The topological polar surface area (TPSA) is 150 Å². The lowest BCUT2D eigenvalue weighted by Gasteiger charge is -2.23. The third kappa shape index (κ3) is 6.05. The number of ether oxygens (including phenoxy) is 3. The Morgan fingerprint density at radius 2 is 1.88 bits per heavy atom. The molecule has 2 N–H and O–H groups in total. The quantitative estimate of drug-likeness (QED) is 0.402. The van der Waals surface area contributed by atoms with E-state index < -0.39 is 66.7 Å². The van der Waals surface area contributed by atoms with E-state index in [0.717, 1.165) is 12.3 Å². The van der Waals surface area contributed by atoms with Gasteiger partial charge in [0.15, 0.2) is 19.6 Å². The van der Waals surface area contributed by atoms with Crippen LogP contribution in [0.4, 0.5) is 4.39 Å². The van der Waals surface area contributed by atoms with E-state index in [9.17, 15) is 29.4 Å². The standard InChI is InChI=1S/C20H30FN3O9/c1-5-12(6-2)18(29)31-10-20(21)16(28)15(27)17(33-20)23-8-7-13(25)24(19(23)30)11-32-14(26)9-22(3)4/h7-8,12,15-17,27-28H,5-6,9-11H2,1-4H3/t15-,16+,17-,20-/m1/s1. The van der Waals surface area contributed by atoms with Gasteiger partial charge >= 0.3 is 17.6 Å². The molecule has 0 amide bonds. The maximum atomic E-state index is 15.2. The van der Waals surface area contributed by atoms with Gasteiger partial charge in [-0.15, -0.1) is 0 Å². The van der Waals surface area contributed by atoms with Crippen molar-refractivity contribution in [1.29, 1.82) is 0 Å². The second-order valence-corrected chi connectivity index (χ2v) is 8.01. The van der Waals surface area contributed by atoms with Crippen molar-refractivity contribution in [3.05, 3.63) is 33.1 Å². The predicted octanol–water partition coefficient (Wildman–Crippen LogP) is -1.03. The molecule has 2 rings (SSSR count). The summed E-state index contributed by atoms with van der Waals surface area (Å²) in [6.45, 7) is 1.71. The predicted molar refractivity (Wildman–Crippen MR) is 111 cm³/mol. The Kier molecular flexibility index (Phi) is 8.89. The van der Waals surface area contributed by atoms with Gasteiger partial charge in [-0.25, -0.2) is 13.8 Å². The highest BCUT2D eigenvalue weighted by atomic mass is 19.2. The van der Waals surface area contributed by atoms with Gasteiger partial charge in [-0.05, 0) is 26.9 Å². The first-order valence-electron chi connectivity index (χ1n) is 10.5. The van der Waals surface area contributed by atoms with Crippen LogP contribution in [-0.2, 0) is 30.5 Å². The van der Waals surface area contributed by atoms with Crippen molar-refractivity contribution in [2.75, 3.05) is 27.2 Å². The largest absolute Gasteiger partial charge is 0.459 e. The summed E-state index contributed by atoms with van der Waals surface area (Å²) in [5, 5.41) is 20.5. The summed E-state index contributed by atoms with van der Waals surface area (Å²) in [7, 11) is 3.25. The maximum Gasteiger partial charge on any atom is 0.335 e. The number of nitrogens with zero attached hydrogens (tertiary/aromatic N) is 3. The van der Waals surface area contributed by atoms with Crippen LogP contribution in [0.25, 0.3) is 0 Å². The Balaban J connectivity index is 2.21. The van der Waals surface area contributed by atoms with Gasteiger partial charge < -0.3 is 24.4 Å². The van der Waals surface area contributed by atoms with Crippen molar-refractivity contribution in [3.63, 3.8) is 0 Å². The SMILES string of the molecule is CCC(CC)C(=O)OC[C@@]1(F)O[C@@H](n2ccc(=O)n(COC(=O)CN(C)C)c2=O)[C@H](O)[C@@H]1O. The third-order valence-corrected chi connectivity index (χ3v) is 5.27. The Morgan fingerprint density at radius 1 is 1.24 bits per heavy atom. The van der Waals surface area contributed by atoms with Crippen molar-refractivity contribution in [2.45, 2.75) is 57.7 Å². The minimum absolute atomic E-state index is 0.0908. The van der Waals surface area contributed by atoms with Crippen LogP contribution < -0.4 is 11.2 Å². The number of hydrogen-bond donors (Lipinski definition) is 2. The van der Waals surface area contributed by atoms with Crippen LogP contribution in [0.3, 0.4) is 0 Å². The number of rotatable bonds is 10. The number of aromatic nitrogens is 2. The van der Waals surface area contributed by atoms with Crippen LogP contribution in [0, 0.1) is 5.92 Å². The summed E-state index contributed by atoms with van der Waals surface area (Å²) in [4.78, 5) is 50.1. The monoisotopic (exact) mass is 475 g/mol. The normalized spacial score (nSPS) is 24.9. The first kappa shape index (κ1) is 26.6. The molecule has 0 spiro atoms. The van der Waals surface area contributed by atoms with Gasteiger partial charge in [-0.1, -0.05) is 13.8 Å². The van der Waals surface area contributed by atoms with Crippen LogP contribution in [0.5, 0.6) is 0 Å². The van der Waals surface area contributed by atoms with E-state index in [0.29, 0.717) is 22.0 Å². The molecule has 1 aromatic rings. The third-order valence-electron chi connectivity index (χ3n) is 5.27. The molecule has 0 aliphatic carbocycles. The molecule has 186 valence electrons. The molecule has 0 unspecified atom stereocenters. The Labute approximate surface area is 189 Å². The number of esters is 2. The molecule has 0 radical (unpaired) electrons. The lowest BCUT2D eigenvalue weighted by atomic mass is 10.0. The van der Waals surface area contributed by atoms with Crippen molar-refractivity contribution >= 4 is 11.9 Å². The Hall–Kier alpha value is -2.61. The van der Waals surface area contributed by atoms with E-state index >= 15 is 4.39 Å². The molecule has 13 heteroatoms. The highest BCUT2D eigenvalue weighted by Gasteiger charge is 2.57. The van der Waals surface area contributed by atoms with Gasteiger partial charge in [0, 0.05) is 12.3 Å². The van der Waals surface area contributed by atoms with Crippen LogP contribution in [0.15, 0.2) is 21.9 Å². The zero-order valence-corrected chi connectivity index (χ0v) is 19.0. The van der Waals surface area contributed by atoms with E-state index in [1.165, 1.54) is 4.90 Å². The fraction of sp³-hybridized carbons (Fsp3) is 0.700. The summed E-state index contributed by atoms with van der Waals surface area (Å²) >= 11 is 0. The van der Waals surface area contributed by atoms with Crippen molar-refractivity contribution in [3.8, 4) is 0 Å². The summed E-state index contributed by atoms with van der Waals surface area (Å²) in [5.74, 6) is -4.84. The number of halogens is 1. The minimum Gasteiger partial charge on any atom is -0.459 e. The second-order valence-electron chi connectivity index (χ2n) is 8.01. The minimum atomic E-state index is -3.00. The van der Waals surface area contributed by atoms with Crippen LogP contribution in [0.1, 0.15) is 32.9 Å². The van der Waals surface area contributed by atoms with E-state index in [4.69, 9.17) is 14.2 Å². The molecule has 0 bridgehead atoms. The number of aliphatic hydroxyl groups excluding tert-OH is 2. The molecule has 0 aromatic carbocycles. The number of alkyl halides is 1. The number of likely N-dealkylation sites (N-methyl/N-ethyl adjacent to an activating group) is 1. The van der Waals surface area contributed by atoms with Crippen molar-refractivity contribution < 1.29 is 38.4 Å². The van der Waals surface area contributed by atoms with Crippen LogP contribution in [-0.4, -0.2) is 81.5 Å². The molecule has 1 fully saturated rings. The summed E-state index contributed by atoms with van der Waals surface area (Å²) in [5.41, 5.74) is -1.89. The number of carbonyl (C=O) groups excluding carboxylic acids is 2. The van der Waals surface area contributed by atoms with E-state index in [1.807, 2.05) is 0 Å². The Morgan fingerprint density at radius 3 is 2.45 bits per heavy atom. The average molecular weight is 475 g/mol. The van der Waals surface area contributed by atoms with Crippen LogP contribution in [0.2, 0.25) is 0 Å². The van der Waals surface area contributed by atoms with Gasteiger partial charge in [0.1, 0.15) is 12.2 Å². The summed E-state index contributed by atoms with van der Waals surface area (Å²) in [6.07, 6.45) is -3.93. The van der Waals surface area contributed by atoms with Crippen molar-refractivity contribution in [2.24, 2.45) is 5.92 Å².